The molecule has 0 bridgehead atoms. The zero-order valence-corrected chi connectivity index (χ0v) is 18.6. The largest absolute Gasteiger partial charge is 0.464 e. The zero-order valence-electron chi connectivity index (χ0n) is 17.0. The van der Waals surface area contributed by atoms with E-state index in [9.17, 15) is 28.8 Å². The van der Waals surface area contributed by atoms with E-state index in [-0.39, 0.29) is 26.4 Å². The van der Waals surface area contributed by atoms with Gasteiger partial charge in [0.25, 0.3) is 0 Å². The van der Waals surface area contributed by atoms with Crippen LogP contribution in [-0.4, -0.2) is 79.0 Å². The van der Waals surface area contributed by atoms with Gasteiger partial charge in [-0.15, -0.1) is 0 Å². The molecule has 30 heavy (non-hydrogen) atoms. The van der Waals surface area contributed by atoms with Crippen molar-refractivity contribution in [1.82, 2.24) is 10.6 Å². The molecule has 13 heteroatoms. The Bertz CT molecular complexity index is 564. The van der Waals surface area contributed by atoms with Gasteiger partial charge in [-0.2, -0.15) is 0 Å². The first kappa shape index (κ1) is 27.3. The van der Waals surface area contributed by atoms with Gasteiger partial charge in [0, 0.05) is 27.7 Å². The molecule has 0 saturated carbocycles. The zero-order chi connectivity index (χ0) is 23.3. The van der Waals surface area contributed by atoms with Crippen LogP contribution in [0.25, 0.3) is 0 Å². The molecule has 0 aromatic rings. The topological polar surface area (TPSA) is 163 Å². The van der Waals surface area contributed by atoms with Crippen molar-refractivity contribution < 1.29 is 47.7 Å². The summed E-state index contributed by atoms with van der Waals surface area (Å²) >= 11 is 2.93. The Morgan fingerprint density at radius 3 is 1.03 bits per heavy atom. The first-order chi connectivity index (χ1) is 13.9. The van der Waals surface area contributed by atoms with Crippen LogP contribution < -0.4 is 10.6 Å². The summed E-state index contributed by atoms with van der Waals surface area (Å²) in [5, 5.41) is 4.82. The third-order valence-electron chi connectivity index (χ3n) is 3.10. The van der Waals surface area contributed by atoms with Crippen molar-refractivity contribution in [2.24, 2.45) is 0 Å². The van der Waals surface area contributed by atoms with Crippen molar-refractivity contribution in [1.29, 1.82) is 0 Å². The Kier molecular flexibility index (Phi) is 13.0. The van der Waals surface area contributed by atoms with E-state index in [1.807, 2.05) is 0 Å². The molecule has 0 aliphatic rings. The van der Waals surface area contributed by atoms with E-state index < -0.39 is 52.6 Å². The lowest BCUT2D eigenvalue weighted by atomic mass is 10.2. The number of alkyl halides is 1. The maximum Gasteiger partial charge on any atom is 0.302 e. The highest BCUT2D eigenvalue weighted by atomic mass is 79.9. The second-order valence-corrected chi connectivity index (χ2v) is 6.90. The van der Waals surface area contributed by atoms with E-state index in [1.165, 1.54) is 0 Å². The van der Waals surface area contributed by atoms with Gasteiger partial charge in [0.05, 0.1) is 12.1 Å². The van der Waals surface area contributed by atoms with Crippen molar-refractivity contribution in [3.63, 3.8) is 0 Å². The Morgan fingerprint density at radius 2 is 0.833 bits per heavy atom. The van der Waals surface area contributed by atoms with Gasteiger partial charge in [-0.3, -0.25) is 28.8 Å². The second kappa shape index (κ2) is 14.3. The molecule has 0 aromatic carbocycles. The van der Waals surface area contributed by atoms with Crippen LogP contribution in [0, 0.1) is 0 Å². The number of hydrogen-bond acceptors (Lipinski definition) is 10. The number of hydrogen-bond donors (Lipinski definition) is 2. The fourth-order valence-electron chi connectivity index (χ4n) is 1.80. The van der Waals surface area contributed by atoms with E-state index in [0.717, 1.165) is 27.7 Å². The molecule has 0 radical (unpaired) electrons. The minimum atomic E-state index is -1.40. The highest BCUT2D eigenvalue weighted by molar-refractivity contribution is 9.10. The summed E-state index contributed by atoms with van der Waals surface area (Å²) in [5.41, 5.74) is 0. The lowest BCUT2D eigenvalue weighted by molar-refractivity contribution is -0.147. The molecular formula is C17H25BrN2O10. The quantitative estimate of drug-likeness (QED) is 0.148. The number of carbonyl (C=O) groups is 6. The van der Waals surface area contributed by atoms with Crippen LogP contribution in [0.2, 0.25) is 0 Å². The number of halogens is 1. The summed E-state index contributed by atoms with van der Waals surface area (Å²) in [5.74, 6) is -4.05. The van der Waals surface area contributed by atoms with Crippen LogP contribution in [0.15, 0.2) is 0 Å². The second-order valence-electron chi connectivity index (χ2n) is 5.98. The smallest absolute Gasteiger partial charge is 0.302 e. The molecule has 170 valence electrons. The molecule has 0 saturated heterocycles. The summed E-state index contributed by atoms with van der Waals surface area (Å²) in [4.78, 5) is 67.1. The molecule has 2 amide bonds. The predicted molar refractivity (Wildman–Crippen MR) is 103 cm³/mol. The molecule has 0 rings (SSSR count). The van der Waals surface area contributed by atoms with E-state index in [2.05, 4.69) is 26.6 Å². The van der Waals surface area contributed by atoms with Crippen LogP contribution in [0.5, 0.6) is 0 Å². The molecule has 0 spiro atoms. The number of rotatable bonds is 12. The third-order valence-corrected chi connectivity index (χ3v) is 3.94. The highest BCUT2D eigenvalue weighted by Crippen LogP contribution is 2.03. The van der Waals surface area contributed by atoms with Gasteiger partial charge in [-0.25, -0.2) is 0 Å². The number of amides is 2. The maximum atomic E-state index is 12.3. The molecule has 2 N–H and O–H groups in total. The van der Waals surface area contributed by atoms with Crippen molar-refractivity contribution in [3.8, 4) is 0 Å². The van der Waals surface area contributed by atoms with Crippen molar-refractivity contribution >= 4 is 51.6 Å². The predicted octanol–water partition coefficient (Wildman–Crippen LogP) is -1.03. The monoisotopic (exact) mass is 496 g/mol. The van der Waals surface area contributed by atoms with Gasteiger partial charge in [-0.1, -0.05) is 15.9 Å². The Hall–Kier alpha value is -2.70. The van der Waals surface area contributed by atoms with Crippen LogP contribution in [0.4, 0.5) is 0 Å². The molecule has 0 heterocycles. The van der Waals surface area contributed by atoms with Crippen molar-refractivity contribution in [2.45, 2.75) is 44.6 Å². The molecular weight excluding hydrogens is 472 g/mol. The molecule has 0 aliphatic carbocycles. The van der Waals surface area contributed by atoms with Crippen molar-refractivity contribution in [2.75, 3.05) is 26.4 Å². The van der Waals surface area contributed by atoms with Crippen LogP contribution in [0.3, 0.4) is 0 Å². The fourth-order valence-corrected chi connectivity index (χ4v) is 2.07. The van der Waals surface area contributed by atoms with E-state index >= 15 is 0 Å². The van der Waals surface area contributed by atoms with Gasteiger partial charge < -0.3 is 29.6 Å². The summed E-state index contributed by atoms with van der Waals surface area (Å²) in [6.45, 7) is 3.54. The van der Waals surface area contributed by atoms with Gasteiger partial charge >= 0.3 is 23.9 Å². The maximum absolute atomic E-state index is 12.3. The average Bonchev–Trinajstić information content (AvgIpc) is 2.64. The van der Waals surface area contributed by atoms with Crippen LogP contribution >= 0.6 is 15.9 Å². The number of ether oxygens (including phenoxy) is 4. The number of carbonyl (C=O) groups excluding carboxylic acids is 6. The van der Waals surface area contributed by atoms with Gasteiger partial charge in [0.2, 0.25) is 11.8 Å². The van der Waals surface area contributed by atoms with E-state index in [1.54, 1.807) is 0 Å². The van der Waals surface area contributed by atoms with Crippen molar-refractivity contribution in [3.05, 3.63) is 0 Å². The SMILES string of the molecule is CC(=O)OCC(COC(C)=O)NC(=O)C(Br)C(=O)NC(COC(C)=O)COC(C)=O. The normalized spacial score (nSPS) is 10.4. The van der Waals surface area contributed by atoms with Crippen LogP contribution in [0.1, 0.15) is 27.7 Å². The molecule has 12 nitrogen and oxygen atoms in total. The van der Waals surface area contributed by atoms with E-state index in [4.69, 9.17) is 18.9 Å². The molecule has 0 atom stereocenters. The number of esters is 4. The summed E-state index contributed by atoms with van der Waals surface area (Å²) in [6, 6.07) is -1.79. The first-order valence-electron chi connectivity index (χ1n) is 8.70. The molecule has 0 aliphatic heterocycles. The van der Waals surface area contributed by atoms with Crippen LogP contribution in [-0.2, 0) is 47.7 Å². The summed E-state index contributed by atoms with van der Waals surface area (Å²) in [7, 11) is 0. The van der Waals surface area contributed by atoms with Gasteiger partial charge in [0.1, 0.15) is 26.4 Å². The third kappa shape index (κ3) is 13.5. The van der Waals surface area contributed by atoms with E-state index in [0.29, 0.717) is 0 Å². The highest BCUT2D eigenvalue weighted by Gasteiger charge is 2.28. The fraction of sp³-hybridized carbons (Fsp3) is 0.647. The van der Waals surface area contributed by atoms with Gasteiger partial charge in [-0.05, 0) is 0 Å². The summed E-state index contributed by atoms with van der Waals surface area (Å²) in [6.07, 6.45) is 0. The van der Waals surface area contributed by atoms with Gasteiger partial charge in [0.15, 0.2) is 4.83 Å². The standard InChI is InChI=1S/C17H25BrN2O10/c1-9(21)27-5-13(6-28-10(2)22)19-16(25)15(18)17(26)20-14(7-29-11(3)23)8-30-12(4)24/h13-15H,5-8H2,1-4H3,(H,19,25)(H,20,26). The lowest BCUT2D eigenvalue weighted by Crippen LogP contribution is -2.52. The Balaban J connectivity index is 4.93. The minimum Gasteiger partial charge on any atom is -0.464 e. The first-order valence-corrected chi connectivity index (χ1v) is 9.62. The Morgan fingerprint density at radius 1 is 0.600 bits per heavy atom. The average molecular weight is 497 g/mol. The lowest BCUT2D eigenvalue weighted by Gasteiger charge is -2.22. The summed E-state index contributed by atoms with van der Waals surface area (Å²) < 4.78 is 19.2. The minimum absolute atomic E-state index is 0.281. The molecule has 0 unspecified atom stereocenters. The molecule has 0 fully saturated rings. The number of nitrogens with one attached hydrogen (secondary N) is 2. The molecule has 0 aromatic heterocycles. The Labute approximate surface area is 181 Å².